The highest BCUT2D eigenvalue weighted by Crippen LogP contribution is 2.47. The predicted molar refractivity (Wildman–Crippen MR) is 168 cm³/mol. The molecule has 6 rings (SSSR count). The van der Waals surface area contributed by atoms with Crippen molar-refractivity contribution >= 4 is 28.6 Å². The number of amides is 1. The van der Waals surface area contributed by atoms with Crippen molar-refractivity contribution in [3.8, 4) is 0 Å². The summed E-state index contributed by atoms with van der Waals surface area (Å²) in [6.45, 7) is 1.57. The largest absolute Gasteiger partial charge is 0.466 e. The number of benzene rings is 1. The lowest BCUT2D eigenvalue weighted by atomic mass is 9.73. The van der Waals surface area contributed by atoms with Crippen molar-refractivity contribution in [1.29, 1.82) is 0 Å². The highest BCUT2D eigenvalue weighted by atomic mass is 16.6. The van der Waals surface area contributed by atoms with E-state index in [2.05, 4.69) is 10.1 Å². The number of piperidine rings is 2. The quantitative estimate of drug-likeness (QED) is 0.233. The fourth-order valence-electron chi connectivity index (χ4n) is 8.85. The molecule has 1 amide bonds. The van der Waals surface area contributed by atoms with Crippen LogP contribution in [0.1, 0.15) is 109 Å². The topological polar surface area (TPSA) is 129 Å². The molecule has 0 radical (unpaired) electrons. The Balaban J connectivity index is 1.33. The molecule has 4 aliphatic rings. The number of para-hydroxylation sites is 2. The summed E-state index contributed by atoms with van der Waals surface area (Å²) >= 11 is 0. The first-order valence-corrected chi connectivity index (χ1v) is 16.8. The van der Waals surface area contributed by atoms with Crippen LogP contribution in [-0.4, -0.2) is 63.4 Å². The molecule has 238 valence electrons. The van der Waals surface area contributed by atoms with Gasteiger partial charge < -0.3 is 19.9 Å². The summed E-state index contributed by atoms with van der Waals surface area (Å²) < 4.78 is 7.05. The van der Waals surface area contributed by atoms with Gasteiger partial charge in [-0.2, -0.15) is 0 Å². The number of hydrogen-bond donors (Lipinski definition) is 1. The Morgan fingerprint density at radius 1 is 0.909 bits per heavy atom. The van der Waals surface area contributed by atoms with Gasteiger partial charge in [0, 0.05) is 30.6 Å². The van der Waals surface area contributed by atoms with Crippen molar-refractivity contribution in [3.05, 3.63) is 40.3 Å². The zero-order valence-corrected chi connectivity index (χ0v) is 26.0. The highest BCUT2D eigenvalue weighted by Gasteiger charge is 2.45. The van der Waals surface area contributed by atoms with Gasteiger partial charge in [-0.1, -0.05) is 49.4 Å². The summed E-state index contributed by atoms with van der Waals surface area (Å²) in [7, 11) is 0. The minimum Gasteiger partial charge on any atom is -0.466 e. The lowest BCUT2D eigenvalue weighted by molar-refractivity contribution is -0.142. The Kier molecular flexibility index (Phi) is 9.64. The molecular formula is C34H47N5O5. The van der Waals surface area contributed by atoms with Crippen molar-refractivity contribution in [2.75, 3.05) is 13.2 Å². The smallest absolute Gasteiger partial charge is 0.306 e. The fraction of sp³-hybridized carbons (Fsp3) is 0.676. The molecule has 2 N–H and O–H groups in total. The van der Waals surface area contributed by atoms with Crippen LogP contribution in [0.4, 0.5) is 0 Å². The summed E-state index contributed by atoms with van der Waals surface area (Å²) in [5.41, 5.74) is 6.86. The van der Waals surface area contributed by atoms with E-state index < -0.39 is 18.5 Å². The maximum absolute atomic E-state index is 14.4. The molecule has 5 atom stereocenters. The van der Waals surface area contributed by atoms with Gasteiger partial charge in [-0.25, -0.2) is 4.98 Å². The highest BCUT2D eigenvalue weighted by molar-refractivity contribution is 6.00. The molecule has 2 aliphatic heterocycles. The van der Waals surface area contributed by atoms with Gasteiger partial charge in [0.1, 0.15) is 5.71 Å². The van der Waals surface area contributed by atoms with E-state index in [0.717, 1.165) is 30.2 Å². The second-order valence-corrected chi connectivity index (χ2v) is 13.4. The van der Waals surface area contributed by atoms with E-state index >= 15 is 0 Å². The van der Waals surface area contributed by atoms with Crippen molar-refractivity contribution in [3.63, 3.8) is 0 Å². The average molecular weight is 606 g/mol. The molecule has 10 nitrogen and oxygen atoms in total. The number of rotatable bonds is 10. The number of carbonyl (C=O) groups excluding carboxylic acids is 2. The van der Waals surface area contributed by atoms with Gasteiger partial charge in [-0.05, 0) is 75.8 Å². The van der Waals surface area contributed by atoms with E-state index in [1.807, 2.05) is 28.8 Å². The van der Waals surface area contributed by atoms with Crippen LogP contribution in [0.2, 0.25) is 0 Å². The molecular weight excluding hydrogens is 558 g/mol. The first kappa shape index (κ1) is 30.7. The zero-order chi connectivity index (χ0) is 30.6. The SMILES string of the molecule is CCOC(=O)CCC(=NOCC(N)=O)c1nc2ccccc2n(C2C[C@H]3CCC[C@@H](C2)N3C2CC3CCCCC(C3)C2)c1=O. The maximum atomic E-state index is 14.4. The van der Waals surface area contributed by atoms with Crippen molar-refractivity contribution in [2.24, 2.45) is 22.7 Å². The molecule has 10 heteroatoms. The summed E-state index contributed by atoms with van der Waals surface area (Å²) in [6, 6.07) is 9.37. The van der Waals surface area contributed by atoms with E-state index in [1.54, 1.807) is 6.92 Å². The summed E-state index contributed by atoms with van der Waals surface area (Å²) in [5.74, 6) is 0.660. The summed E-state index contributed by atoms with van der Waals surface area (Å²) in [5, 5.41) is 4.11. The molecule has 1 aromatic carbocycles. The van der Waals surface area contributed by atoms with Crippen LogP contribution in [-0.2, 0) is 19.2 Å². The minimum absolute atomic E-state index is 0.00641. The van der Waals surface area contributed by atoms with Gasteiger partial charge in [0.15, 0.2) is 12.3 Å². The first-order valence-electron chi connectivity index (χ1n) is 16.8. The van der Waals surface area contributed by atoms with Crippen molar-refractivity contribution < 1.29 is 19.2 Å². The third-order valence-electron chi connectivity index (χ3n) is 10.5. The van der Waals surface area contributed by atoms with Gasteiger partial charge in [0.2, 0.25) is 0 Å². The van der Waals surface area contributed by atoms with Crippen LogP contribution in [0.3, 0.4) is 0 Å². The molecule has 44 heavy (non-hydrogen) atoms. The van der Waals surface area contributed by atoms with E-state index in [-0.39, 0.29) is 42.5 Å². The normalized spacial score (nSPS) is 29.2. The van der Waals surface area contributed by atoms with Gasteiger partial charge in [-0.15, -0.1) is 0 Å². The van der Waals surface area contributed by atoms with E-state index in [9.17, 15) is 14.4 Å². The molecule has 2 saturated carbocycles. The van der Waals surface area contributed by atoms with Gasteiger partial charge in [0.25, 0.3) is 11.5 Å². The Bertz CT molecular complexity index is 1410. The number of aromatic nitrogens is 2. The zero-order valence-electron chi connectivity index (χ0n) is 26.0. The van der Waals surface area contributed by atoms with Crippen LogP contribution >= 0.6 is 0 Å². The lowest BCUT2D eigenvalue weighted by Gasteiger charge is -2.54. The van der Waals surface area contributed by atoms with Crippen LogP contribution in [0.15, 0.2) is 34.2 Å². The first-order chi connectivity index (χ1) is 21.4. The molecule has 2 saturated heterocycles. The summed E-state index contributed by atoms with van der Waals surface area (Å²) in [4.78, 5) is 50.8. The molecule has 4 bridgehead atoms. The maximum Gasteiger partial charge on any atom is 0.306 e. The molecule has 3 heterocycles. The van der Waals surface area contributed by atoms with Crippen LogP contribution < -0.4 is 11.3 Å². The number of ether oxygens (including phenoxy) is 1. The second-order valence-electron chi connectivity index (χ2n) is 13.4. The number of esters is 1. The molecule has 1 aromatic heterocycles. The average Bonchev–Trinajstić information content (AvgIpc) is 3.17. The third-order valence-corrected chi connectivity index (χ3v) is 10.5. The Hall–Kier alpha value is -3.27. The minimum atomic E-state index is -0.683. The number of nitrogens with two attached hydrogens (primary N) is 1. The summed E-state index contributed by atoms with van der Waals surface area (Å²) in [6.07, 6.45) is 15.2. The number of hydrogen-bond acceptors (Lipinski definition) is 8. The van der Waals surface area contributed by atoms with Gasteiger partial charge in [0.05, 0.1) is 24.1 Å². The van der Waals surface area contributed by atoms with Crippen LogP contribution in [0.25, 0.3) is 11.0 Å². The lowest BCUT2D eigenvalue weighted by Crippen LogP contribution is -2.58. The molecule has 4 fully saturated rings. The Labute approximate surface area is 259 Å². The van der Waals surface area contributed by atoms with E-state index in [1.165, 1.54) is 64.2 Å². The standard InChI is InChI=1S/C34H47N5O5/c1-2-43-32(41)15-14-29(37-44-21-31(35)40)33-34(42)39(30-13-6-5-12-28(30)36-33)27-19-24-10-7-11-25(20-27)38(24)26-17-22-8-3-4-9-23(16-22)18-26/h5-6,12-13,22-27H,2-4,7-11,14-21H2,1H3,(H2,35,40)/t22?,23?,24-,25+,26?,27?. The van der Waals surface area contributed by atoms with Crippen molar-refractivity contribution in [2.45, 2.75) is 121 Å². The number of fused-ring (bicyclic) bond motifs is 5. The number of oxime groups is 1. The fourth-order valence-corrected chi connectivity index (χ4v) is 8.85. The molecule has 0 spiro atoms. The molecule has 2 aromatic rings. The van der Waals surface area contributed by atoms with E-state index in [4.69, 9.17) is 20.3 Å². The number of nitrogens with zero attached hydrogens (tertiary/aromatic N) is 4. The molecule has 2 aliphatic carbocycles. The number of primary amides is 1. The van der Waals surface area contributed by atoms with Crippen LogP contribution in [0, 0.1) is 11.8 Å². The van der Waals surface area contributed by atoms with Gasteiger partial charge >= 0.3 is 5.97 Å². The second kappa shape index (κ2) is 13.8. The Morgan fingerprint density at radius 2 is 1.61 bits per heavy atom. The predicted octanol–water partition coefficient (Wildman–Crippen LogP) is 4.86. The van der Waals surface area contributed by atoms with Gasteiger partial charge in [-0.3, -0.25) is 19.3 Å². The molecule has 3 unspecified atom stereocenters. The Morgan fingerprint density at radius 3 is 2.30 bits per heavy atom. The third kappa shape index (κ3) is 6.70. The number of carbonyl (C=O) groups is 2. The van der Waals surface area contributed by atoms with Crippen LogP contribution in [0.5, 0.6) is 0 Å². The van der Waals surface area contributed by atoms with Crippen molar-refractivity contribution in [1.82, 2.24) is 14.5 Å². The monoisotopic (exact) mass is 605 g/mol. The van der Waals surface area contributed by atoms with E-state index in [0.29, 0.717) is 23.6 Å².